The van der Waals surface area contributed by atoms with Crippen molar-refractivity contribution in [2.24, 2.45) is 11.8 Å². The average Bonchev–Trinajstić information content (AvgIpc) is 2.28. The molecule has 0 spiro atoms. The molecule has 1 aromatic carbocycles. The Bertz CT molecular complexity index is 355. The van der Waals surface area contributed by atoms with Crippen LogP contribution >= 0.6 is 11.6 Å². The van der Waals surface area contributed by atoms with Gasteiger partial charge in [0.2, 0.25) is 0 Å². The quantitative estimate of drug-likeness (QED) is 0.607. The first-order valence-electron chi connectivity index (χ1n) is 5.93. The fourth-order valence-electron chi connectivity index (χ4n) is 1.74. The molecule has 1 rings (SSSR count). The third-order valence-electron chi connectivity index (χ3n) is 2.80. The second kappa shape index (κ2) is 6.94. The van der Waals surface area contributed by atoms with Crippen molar-refractivity contribution in [1.82, 2.24) is 5.43 Å². The van der Waals surface area contributed by atoms with E-state index in [1.54, 1.807) is 6.07 Å². The molecule has 0 bridgehead atoms. The molecule has 2 nitrogen and oxygen atoms in total. The highest BCUT2D eigenvalue weighted by Crippen LogP contribution is 2.20. The van der Waals surface area contributed by atoms with Crippen LogP contribution in [0.5, 0.6) is 0 Å². The minimum absolute atomic E-state index is 0.136. The Morgan fingerprint density at radius 3 is 2.65 bits per heavy atom. The van der Waals surface area contributed by atoms with Crippen molar-refractivity contribution in [1.29, 1.82) is 0 Å². The van der Waals surface area contributed by atoms with E-state index in [-0.39, 0.29) is 11.9 Å². The Morgan fingerprint density at radius 1 is 1.35 bits per heavy atom. The van der Waals surface area contributed by atoms with Gasteiger partial charge in [0.15, 0.2) is 0 Å². The van der Waals surface area contributed by atoms with E-state index in [1.807, 2.05) is 0 Å². The molecule has 1 atom stereocenters. The lowest BCUT2D eigenvalue weighted by Gasteiger charge is -2.17. The highest BCUT2D eigenvalue weighted by Gasteiger charge is 2.11. The molecule has 17 heavy (non-hydrogen) atoms. The highest BCUT2D eigenvalue weighted by atomic mass is 35.5. The standard InChI is InChI=1S/C13H20ClFN2/c1-9(2)3-5-12(17-16)8-10-7-11(15)4-6-13(10)14/h4,6-7,9,12,17H,3,5,8,16H2,1-2H3. The van der Waals surface area contributed by atoms with E-state index in [9.17, 15) is 4.39 Å². The predicted octanol–water partition coefficient (Wildman–Crippen LogP) is 3.29. The van der Waals surface area contributed by atoms with Gasteiger partial charge in [0, 0.05) is 11.1 Å². The molecular formula is C13H20ClFN2. The molecule has 0 fully saturated rings. The Labute approximate surface area is 107 Å². The van der Waals surface area contributed by atoms with Crippen molar-refractivity contribution in [2.75, 3.05) is 0 Å². The molecule has 0 heterocycles. The normalized spacial score (nSPS) is 13.1. The lowest BCUT2D eigenvalue weighted by molar-refractivity contribution is 0.434. The van der Waals surface area contributed by atoms with E-state index < -0.39 is 0 Å². The Kier molecular flexibility index (Phi) is 5.89. The molecule has 4 heteroatoms. The second-order valence-electron chi connectivity index (χ2n) is 4.77. The maximum atomic E-state index is 13.1. The molecule has 96 valence electrons. The van der Waals surface area contributed by atoms with E-state index in [0.29, 0.717) is 17.4 Å². The molecule has 0 saturated carbocycles. The highest BCUT2D eigenvalue weighted by molar-refractivity contribution is 6.31. The Hall–Kier alpha value is -0.640. The van der Waals surface area contributed by atoms with E-state index in [2.05, 4.69) is 19.3 Å². The molecule has 0 aliphatic heterocycles. The van der Waals surface area contributed by atoms with Gasteiger partial charge in [-0.15, -0.1) is 0 Å². The van der Waals surface area contributed by atoms with E-state index in [4.69, 9.17) is 17.4 Å². The second-order valence-corrected chi connectivity index (χ2v) is 5.18. The summed E-state index contributed by atoms with van der Waals surface area (Å²) in [5, 5.41) is 0.594. The Morgan fingerprint density at radius 2 is 2.06 bits per heavy atom. The lowest BCUT2D eigenvalue weighted by Crippen LogP contribution is -2.37. The van der Waals surface area contributed by atoms with Crippen molar-refractivity contribution in [3.05, 3.63) is 34.6 Å². The van der Waals surface area contributed by atoms with Crippen LogP contribution in [0.2, 0.25) is 5.02 Å². The number of nitrogens with one attached hydrogen (secondary N) is 1. The summed E-state index contributed by atoms with van der Waals surface area (Å²) in [6.07, 6.45) is 2.70. The molecule has 1 aromatic rings. The number of halogens is 2. The van der Waals surface area contributed by atoms with Gasteiger partial charge in [-0.2, -0.15) is 0 Å². The maximum Gasteiger partial charge on any atom is 0.123 e. The van der Waals surface area contributed by atoms with E-state index >= 15 is 0 Å². The maximum absolute atomic E-state index is 13.1. The fourth-order valence-corrected chi connectivity index (χ4v) is 1.94. The molecule has 0 aliphatic carbocycles. The number of benzene rings is 1. The van der Waals surface area contributed by atoms with Crippen LogP contribution in [0.15, 0.2) is 18.2 Å². The van der Waals surface area contributed by atoms with E-state index in [1.165, 1.54) is 12.1 Å². The SMILES string of the molecule is CC(C)CCC(Cc1cc(F)ccc1Cl)NN. The molecular weight excluding hydrogens is 239 g/mol. The topological polar surface area (TPSA) is 38.0 Å². The van der Waals surface area contributed by atoms with Crippen molar-refractivity contribution in [3.8, 4) is 0 Å². The Balaban J connectivity index is 2.63. The third kappa shape index (κ3) is 5.02. The minimum atomic E-state index is -0.260. The molecule has 0 aliphatic rings. The van der Waals surface area contributed by atoms with Gasteiger partial charge >= 0.3 is 0 Å². The van der Waals surface area contributed by atoms with Crippen LogP contribution in [0.3, 0.4) is 0 Å². The molecule has 0 saturated heterocycles. The van der Waals surface area contributed by atoms with Crippen LogP contribution in [0, 0.1) is 11.7 Å². The van der Waals surface area contributed by atoms with Crippen molar-refractivity contribution in [2.45, 2.75) is 39.2 Å². The number of nitrogens with two attached hydrogens (primary N) is 1. The smallest absolute Gasteiger partial charge is 0.123 e. The predicted molar refractivity (Wildman–Crippen MR) is 70.3 cm³/mol. The van der Waals surface area contributed by atoms with Crippen LogP contribution in [0.4, 0.5) is 4.39 Å². The van der Waals surface area contributed by atoms with Gasteiger partial charge in [-0.1, -0.05) is 25.4 Å². The van der Waals surface area contributed by atoms with Gasteiger partial charge < -0.3 is 0 Å². The van der Waals surface area contributed by atoms with Crippen LogP contribution in [0.25, 0.3) is 0 Å². The van der Waals surface area contributed by atoms with Gasteiger partial charge in [-0.05, 0) is 48.9 Å². The summed E-state index contributed by atoms with van der Waals surface area (Å²) in [5.74, 6) is 5.88. The van der Waals surface area contributed by atoms with Crippen LogP contribution in [-0.4, -0.2) is 6.04 Å². The third-order valence-corrected chi connectivity index (χ3v) is 3.17. The number of hydrogen-bond donors (Lipinski definition) is 2. The first-order chi connectivity index (χ1) is 8.02. The molecule has 0 aromatic heterocycles. The summed E-state index contributed by atoms with van der Waals surface area (Å²) in [6.45, 7) is 4.34. The molecule has 0 amide bonds. The molecule has 0 radical (unpaired) electrons. The molecule has 1 unspecified atom stereocenters. The van der Waals surface area contributed by atoms with Gasteiger partial charge in [-0.3, -0.25) is 11.3 Å². The fraction of sp³-hybridized carbons (Fsp3) is 0.538. The summed E-state index contributed by atoms with van der Waals surface area (Å²) in [5.41, 5.74) is 3.58. The zero-order valence-electron chi connectivity index (χ0n) is 10.3. The number of hydrazine groups is 1. The van der Waals surface area contributed by atoms with Gasteiger partial charge in [0.05, 0.1) is 0 Å². The van der Waals surface area contributed by atoms with Crippen LogP contribution < -0.4 is 11.3 Å². The van der Waals surface area contributed by atoms with Gasteiger partial charge in [-0.25, -0.2) is 4.39 Å². The number of hydrogen-bond acceptors (Lipinski definition) is 2. The van der Waals surface area contributed by atoms with E-state index in [0.717, 1.165) is 18.4 Å². The van der Waals surface area contributed by atoms with Crippen LogP contribution in [0.1, 0.15) is 32.3 Å². The zero-order chi connectivity index (χ0) is 12.8. The van der Waals surface area contributed by atoms with Gasteiger partial charge in [0.1, 0.15) is 5.82 Å². The summed E-state index contributed by atoms with van der Waals surface area (Å²) in [4.78, 5) is 0. The number of rotatable bonds is 6. The summed E-state index contributed by atoms with van der Waals surface area (Å²) in [6, 6.07) is 4.56. The van der Waals surface area contributed by atoms with Crippen molar-refractivity contribution >= 4 is 11.6 Å². The first-order valence-corrected chi connectivity index (χ1v) is 6.30. The molecule has 3 N–H and O–H groups in total. The monoisotopic (exact) mass is 258 g/mol. The van der Waals surface area contributed by atoms with Gasteiger partial charge in [0.25, 0.3) is 0 Å². The van der Waals surface area contributed by atoms with Crippen molar-refractivity contribution < 1.29 is 4.39 Å². The lowest BCUT2D eigenvalue weighted by atomic mass is 9.98. The zero-order valence-corrected chi connectivity index (χ0v) is 11.1. The first kappa shape index (κ1) is 14.4. The minimum Gasteiger partial charge on any atom is -0.271 e. The summed E-state index contributed by atoms with van der Waals surface area (Å²) >= 11 is 6.02. The van der Waals surface area contributed by atoms with Crippen molar-refractivity contribution in [3.63, 3.8) is 0 Å². The average molecular weight is 259 g/mol. The summed E-state index contributed by atoms with van der Waals surface area (Å²) in [7, 11) is 0. The largest absolute Gasteiger partial charge is 0.271 e. The summed E-state index contributed by atoms with van der Waals surface area (Å²) < 4.78 is 13.1. The van der Waals surface area contributed by atoms with Crippen LogP contribution in [-0.2, 0) is 6.42 Å².